The first-order valence-electron chi connectivity index (χ1n) is 7.29. The number of benzene rings is 1. The SMILES string of the molecule is CC(N)c1ccc(NC(=O)N2CCCC(C)(C)C2)cc1. The molecule has 1 unspecified atom stereocenters. The topological polar surface area (TPSA) is 58.4 Å². The van der Waals surface area contributed by atoms with Crippen LogP contribution < -0.4 is 11.1 Å². The van der Waals surface area contributed by atoms with Crippen LogP contribution in [0, 0.1) is 5.41 Å². The van der Waals surface area contributed by atoms with Crippen LogP contribution >= 0.6 is 0 Å². The number of likely N-dealkylation sites (tertiary alicyclic amines) is 1. The van der Waals surface area contributed by atoms with Crippen molar-refractivity contribution in [1.29, 1.82) is 0 Å². The van der Waals surface area contributed by atoms with Gasteiger partial charge in [0.1, 0.15) is 0 Å². The third-order valence-electron chi connectivity index (χ3n) is 3.88. The largest absolute Gasteiger partial charge is 0.324 e. The Kier molecular flexibility index (Phi) is 4.33. The average Bonchev–Trinajstić information content (AvgIpc) is 2.38. The maximum Gasteiger partial charge on any atom is 0.321 e. The van der Waals surface area contributed by atoms with Gasteiger partial charge in [0.05, 0.1) is 0 Å². The summed E-state index contributed by atoms with van der Waals surface area (Å²) >= 11 is 0. The van der Waals surface area contributed by atoms with Crippen LogP contribution in [0.4, 0.5) is 10.5 Å². The van der Waals surface area contributed by atoms with E-state index in [1.54, 1.807) is 0 Å². The molecule has 0 radical (unpaired) electrons. The van der Waals surface area contributed by atoms with Crippen LogP contribution in [0.2, 0.25) is 0 Å². The molecule has 1 aliphatic heterocycles. The highest BCUT2D eigenvalue weighted by molar-refractivity contribution is 5.89. The van der Waals surface area contributed by atoms with Gasteiger partial charge in [-0.15, -0.1) is 0 Å². The van der Waals surface area contributed by atoms with Crippen LogP contribution in [0.3, 0.4) is 0 Å². The number of amides is 2. The number of nitrogens with two attached hydrogens (primary N) is 1. The van der Waals surface area contributed by atoms with Crippen molar-refractivity contribution in [3.8, 4) is 0 Å². The molecule has 2 amide bonds. The molecule has 4 heteroatoms. The predicted octanol–water partition coefficient (Wildman–Crippen LogP) is 3.36. The molecule has 4 nitrogen and oxygen atoms in total. The van der Waals surface area contributed by atoms with Crippen molar-refractivity contribution in [3.05, 3.63) is 29.8 Å². The standard InChI is InChI=1S/C16H25N3O/c1-12(17)13-5-7-14(8-6-13)18-15(20)19-10-4-9-16(2,3)11-19/h5-8,12H,4,9-11,17H2,1-3H3,(H,18,20). The number of hydrogen-bond acceptors (Lipinski definition) is 2. The predicted molar refractivity (Wildman–Crippen MR) is 82.7 cm³/mol. The molecule has 1 heterocycles. The second-order valence-corrected chi connectivity index (χ2v) is 6.53. The summed E-state index contributed by atoms with van der Waals surface area (Å²) in [6, 6.07) is 7.74. The third-order valence-corrected chi connectivity index (χ3v) is 3.88. The number of hydrogen-bond donors (Lipinski definition) is 2. The Bertz CT molecular complexity index is 465. The Hall–Kier alpha value is -1.55. The summed E-state index contributed by atoms with van der Waals surface area (Å²) in [4.78, 5) is 14.2. The minimum Gasteiger partial charge on any atom is -0.324 e. The molecule has 3 N–H and O–H groups in total. The summed E-state index contributed by atoms with van der Waals surface area (Å²) < 4.78 is 0. The lowest BCUT2D eigenvalue weighted by atomic mass is 9.84. The molecule has 0 saturated carbocycles. The van der Waals surface area contributed by atoms with E-state index in [4.69, 9.17) is 5.73 Å². The first kappa shape index (κ1) is 14.9. The normalized spacial score (nSPS) is 19.5. The lowest BCUT2D eigenvalue weighted by Gasteiger charge is -2.37. The number of rotatable bonds is 2. The van der Waals surface area contributed by atoms with Gasteiger partial charge < -0.3 is 16.0 Å². The van der Waals surface area contributed by atoms with E-state index in [-0.39, 0.29) is 17.5 Å². The number of nitrogens with one attached hydrogen (secondary N) is 1. The van der Waals surface area contributed by atoms with Gasteiger partial charge in [-0.25, -0.2) is 4.79 Å². The van der Waals surface area contributed by atoms with Crippen LogP contribution in [0.25, 0.3) is 0 Å². The summed E-state index contributed by atoms with van der Waals surface area (Å²) in [5, 5.41) is 2.96. The van der Waals surface area contributed by atoms with Crippen molar-refractivity contribution >= 4 is 11.7 Å². The number of carbonyl (C=O) groups excluding carboxylic acids is 1. The zero-order valence-electron chi connectivity index (χ0n) is 12.6. The molecule has 1 aromatic rings. The molecule has 1 atom stereocenters. The van der Waals surface area contributed by atoms with Crippen LogP contribution in [-0.2, 0) is 0 Å². The molecule has 1 fully saturated rings. The fraction of sp³-hybridized carbons (Fsp3) is 0.562. The van der Waals surface area contributed by atoms with Gasteiger partial charge in [0, 0.05) is 24.8 Å². The number of urea groups is 1. The van der Waals surface area contributed by atoms with E-state index in [9.17, 15) is 4.79 Å². The van der Waals surface area contributed by atoms with E-state index in [2.05, 4.69) is 19.2 Å². The molecule has 1 aliphatic rings. The summed E-state index contributed by atoms with van der Waals surface area (Å²) in [5.74, 6) is 0. The smallest absolute Gasteiger partial charge is 0.321 e. The monoisotopic (exact) mass is 275 g/mol. The maximum absolute atomic E-state index is 12.3. The quantitative estimate of drug-likeness (QED) is 0.869. The molecule has 0 bridgehead atoms. The highest BCUT2D eigenvalue weighted by atomic mass is 16.2. The van der Waals surface area contributed by atoms with Crippen LogP contribution in [-0.4, -0.2) is 24.0 Å². The van der Waals surface area contributed by atoms with Crippen molar-refractivity contribution in [3.63, 3.8) is 0 Å². The van der Waals surface area contributed by atoms with E-state index in [0.29, 0.717) is 0 Å². The first-order valence-corrected chi connectivity index (χ1v) is 7.29. The molecule has 2 rings (SSSR count). The highest BCUT2D eigenvalue weighted by Crippen LogP contribution is 2.28. The molecule has 0 spiro atoms. The molecule has 0 aliphatic carbocycles. The first-order chi connectivity index (χ1) is 9.37. The highest BCUT2D eigenvalue weighted by Gasteiger charge is 2.29. The van der Waals surface area contributed by atoms with Gasteiger partial charge >= 0.3 is 6.03 Å². The molecule has 1 saturated heterocycles. The van der Waals surface area contributed by atoms with E-state index >= 15 is 0 Å². The third kappa shape index (κ3) is 3.73. The van der Waals surface area contributed by atoms with Crippen molar-refractivity contribution in [1.82, 2.24) is 4.90 Å². The lowest BCUT2D eigenvalue weighted by molar-refractivity contribution is 0.138. The molecule has 20 heavy (non-hydrogen) atoms. The summed E-state index contributed by atoms with van der Waals surface area (Å²) in [6.45, 7) is 8.03. The second kappa shape index (κ2) is 5.83. The van der Waals surface area contributed by atoms with Crippen LogP contribution in [0.1, 0.15) is 45.2 Å². The summed E-state index contributed by atoms with van der Waals surface area (Å²) in [6.07, 6.45) is 2.25. The van der Waals surface area contributed by atoms with Gasteiger partial charge in [0.25, 0.3) is 0 Å². The van der Waals surface area contributed by atoms with Crippen molar-refractivity contribution in [2.75, 3.05) is 18.4 Å². The number of nitrogens with zero attached hydrogens (tertiary/aromatic N) is 1. The lowest BCUT2D eigenvalue weighted by Crippen LogP contribution is -2.45. The van der Waals surface area contributed by atoms with E-state index < -0.39 is 0 Å². The van der Waals surface area contributed by atoms with Crippen LogP contribution in [0.15, 0.2) is 24.3 Å². The van der Waals surface area contributed by atoms with Gasteiger partial charge in [-0.2, -0.15) is 0 Å². The summed E-state index contributed by atoms with van der Waals surface area (Å²) in [5.41, 5.74) is 7.93. The molecular formula is C16H25N3O. The van der Waals surface area contributed by atoms with Gasteiger partial charge in [0.15, 0.2) is 0 Å². The fourth-order valence-electron chi connectivity index (χ4n) is 2.67. The van der Waals surface area contributed by atoms with Gasteiger partial charge in [-0.1, -0.05) is 26.0 Å². The maximum atomic E-state index is 12.3. The van der Waals surface area contributed by atoms with Gasteiger partial charge in [-0.3, -0.25) is 0 Å². The van der Waals surface area contributed by atoms with Gasteiger partial charge in [0.2, 0.25) is 0 Å². The zero-order valence-corrected chi connectivity index (χ0v) is 12.6. The van der Waals surface area contributed by atoms with Gasteiger partial charge in [-0.05, 0) is 42.9 Å². The number of anilines is 1. The molecule has 1 aromatic carbocycles. The van der Waals surface area contributed by atoms with Crippen LogP contribution in [0.5, 0.6) is 0 Å². The van der Waals surface area contributed by atoms with E-state index in [1.807, 2.05) is 36.1 Å². The Morgan fingerprint density at radius 3 is 2.55 bits per heavy atom. The van der Waals surface area contributed by atoms with E-state index in [1.165, 1.54) is 6.42 Å². The minimum absolute atomic E-state index is 0.00804. The summed E-state index contributed by atoms with van der Waals surface area (Å²) in [7, 11) is 0. The fourth-order valence-corrected chi connectivity index (χ4v) is 2.67. The van der Waals surface area contributed by atoms with Crippen molar-refractivity contribution in [2.24, 2.45) is 11.1 Å². The second-order valence-electron chi connectivity index (χ2n) is 6.53. The minimum atomic E-state index is -0.00804. The van der Waals surface area contributed by atoms with E-state index in [0.717, 1.165) is 30.8 Å². The Labute approximate surface area is 121 Å². The Balaban J connectivity index is 1.97. The zero-order chi connectivity index (χ0) is 14.8. The molecule has 0 aromatic heterocycles. The number of carbonyl (C=O) groups is 1. The number of piperidine rings is 1. The Morgan fingerprint density at radius 1 is 1.35 bits per heavy atom. The van der Waals surface area contributed by atoms with Crippen molar-refractivity contribution in [2.45, 2.75) is 39.7 Å². The van der Waals surface area contributed by atoms with Crippen molar-refractivity contribution < 1.29 is 4.79 Å². The average molecular weight is 275 g/mol. The molecular weight excluding hydrogens is 250 g/mol. The Morgan fingerprint density at radius 2 is 2.00 bits per heavy atom. The molecule has 110 valence electrons.